The number of aliphatic carboxylic acids is 1. The first kappa shape index (κ1) is 19.4. The summed E-state index contributed by atoms with van der Waals surface area (Å²) >= 11 is 1.08. The van der Waals surface area contributed by atoms with Crippen LogP contribution in [0.3, 0.4) is 0 Å². The SMILES string of the molecule is O=C(O)CC1SC(=NN=Cc2ccc(N3CCC(CO)CC3)cc2)NC1=O. The van der Waals surface area contributed by atoms with Gasteiger partial charge in [0.2, 0.25) is 5.91 Å². The van der Waals surface area contributed by atoms with Crippen molar-refractivity contribution in [2.45, 2.75) is 24.5 Å². The van der Waals surface area contributed by atoms with E-state index in [4.69, 9.17) is 5.11 Å². The molecule has 1 amide bonds. The van der Waals surface area contributed by atoms with Crippen molar-refractivity contribution < 1.29 is 19.8 Å². The zero-order valence-electron chi connectivity index (χ0n) is 14.7. The molecule has 3 N–H and O–H groups in total. The molecule has 9 heteroatoms. The van der Waals surface area contributed by atoms with Crippen LogP contribution in [0.15, 0.2) is 34.5 Å². The zero-order chi connectivity index (χ0) is 19.2. The Bertz CT molecular complexity index is 742. The smallest absolute Gasteiger partial charge is 0.305 e. The Labute approximate surface area is 161 Å². The maximum absolute atomic E-state index is 11.6. The Hall–Kier alpha value is -2.39. The summed E-state index contributed by atoms with van der Waals surface area (Å²) < 4.78 is 0. The number of hydrogen-bond acceptors (Lipinski definition) is 7. The van der Waals surface area contributed by atoms with Crippen LogP contribution in [0.25, 0.3) is 0 Å². The van der Waals surface area contributed by atoms with E-state index in [9.17, 15) is 14.7 Å². The van der Waals surface area contributed by atoms with Crippen LogP contribution in [-0.2, 0) is 9.59 Å². The van der Waals surface area contributed by atoms with E-state index in [-0.39, 0.29) is 18.9 Å². The molecule has 2 saturated heterocycles. The number of piperidine rings is 1. The molecule has 27 heavy (non-hydrogen) atoms. The molecule has 2 aliphatic heterocycles. The van der Waals surface area contributed by atoms with Crippen LogP contribution >= 0.6 is 11.8 Å². The lowest BCUT2D eigenvalue weighted by atomic mass is 9.97. The predicted octanol–water partition coefficient (Wildman–Crippen LogP) is 1.29. The fourth-order valence-electron chi connectivity index (χ4n) is 3.04. The summed E-state index contributed by atoms with van der Waals surface area (Å²) in [4.78, 5) is 24.6. The van der Waals surface area contributed by atoms with Crippen LogP contribution < -0.4 is 10.2 Å². The van der Waals surface area contributed by atoms with Gasteiger partial charge in [-0.15, -0.1) is 5.10 Å². The molecule has 3 rings (SSSR count). The van der Waals surface area contributed by atoms with E-state index in [0.717, 1.165) is 48.9 Å². The third-order valence-electron chi connectivity index (χ3n) is 4.62. The zero-order valence-corrected chi connectivity index (χ0v) is 15.6. The van der Waals surface area contributed by atoms with E-state index < -0.39 is 11.2 Å². The number of carbonyl (C=O) groups is 2. The summed E-state index contributed by atoms with van der Waals surface area (Å²) in [6.07, 6.45) is 3.36. The number of nitrogens with zero attached hydrogens (tertiary/aromatic N) is 3. The van der Waals surface area contributed by atoms with Crippen molar-refractivity contribution >= 4 is 40.7 Å². The lowest BCUT2D eigenvalue weighted by Gasteiger charge is -2.32. The van der Waals surface area contributed by atoms with Gasteiger partial charge in [0.1, 0.15) is 5.25 Å². The van der Waals surface area contributed by atoms with Gasteiger partial charge in [0, 0.05) is 25.4 Å². The standard InChI is InChI=1S/C18H22N4O4S/c23-11-13-5-7-22(8-6-13)14-3-1-12(2-4-14)10-19-21-18-20-17(26)15(27-18)9-16(24)25/h1-4,10,13,15,23H,5-9,11H2,(H,24,25)(H,20,21,26). The van der Waals surface area contributed by atoms with E-state index in [0.29, 0.717) is 11.1 Å². The molecular formula is C18H22N4O4S. The van der Waals surface area contributed by atoms with Crippen molar-refractivity contribution in [1.82, 2.24) is 5.32 Å². The Morgan fingerprint density at radius 2 is 2.00 bits per heavy atom. The number of carboxylic acids is 1. The fourth-order valence-corrected chi connectivity index (χ4v) is 3.95. The molecule has 2 heterocycles. The summed E-state index contributed by atoms with van der Waals surface area (Å²) in [5.41, 5.74) is 2.02. The van der Waals surface area contributed by atoms with Crippen LogP contribution in [0.5, 0.6) is 0 Å². The number of rotatable bonds is 6. The molecule has 0 saturated carbocycles. The second-order valence-corrected chi connectivity index (χ2v) is 7.74. The summed E-state index contributed by atoms with van der Waals surface area (Å²) in [6, 6.07) is 7.96. The highest BCUT2D eigenvalue weighted by Gasteiger charge is 2.32. The Morgan fingerprint density at radius 3 is 2.63 bits per heavy atom. The number of thioether (sulfide) groups is 1. The summed E-state index contributed by atoms with van der Waals surface area (Å²) in [5.74, 6) is -0.963. The number of amidine groups is 1. The topological polar surface area (TPSA) is 115 Å². The van der Waals surface area contributed by atoms with Gasteiger partial charge in [-0.05, 0) is 36.5 Å². The van der Waals surface area contributed by atoms with Crippen molar-refractivity contribution in [2.75, 3.05) is 24.6 Å². The third-order valence-corrected chi connectivity index (χ3v) is 5.70. The number of anilines is 1. The van der Waals surface area contributed by atoms with Crippen LogP contribution in [0.4, 0.5) is 5.69 Å². The number of hydrogen-bond donors (Lipinski definition) is 3. The number of carboxylic acid groups (broad SMARTS) is 1. The van der Waals surface area contributed by atoms with Gasteiger partial charge in [-0.1, -0.05) is 23.9 Å². The molecule has 1 atom stereocenters. The quantitative estimate of drug-likeness (QED) is 0.498. The highest BCUT2D eigenvalue weighted by Crippen LogP contribution is 2.24. The normalized spacial score (nSPS) is 22.6. The maximum Gasteiger partial charge on any atom is 0.305 e. The van der Waals surface area contributed by atoms with Gasteiger partial charge in [0.05, 0.1) is 12.6 Å². The van der Waals surface area contributed by atoms with Crippen molar-refractivity contribution in [2.24, 2.45) is 16.1 Å². The first-order chi connectivity index (χ1) is 13.0. The number of amides is 1. The second kappa shape index (κ2) is 9.01. The number of aliphatic hydroxyl groups excluding tert-OH is 1. The lowest BCUT2D eigenvalue weighted by Crippen LogP contribution is -2.34. The minimum Gasteiger partial charge on any atom is -0.481 e. The molecule has 1 unspecified atom stereocenters. The minimum absolute atomic E-state index is 0.240. The number of nitrogens with one attached hydrogen (secondary N) is 1. The van der Waals surface area contributed by atoms with Gasteiger partial charge in [-0.3, -0.25) is 9.59 Å². The van der Waals surface area contributed by atoms with Gasteiger partial charge >= 0.3 is 5.97 Å². The molecule has 8 nitrogen and oxygen atoms in total. The predicted molar refractivity (Wildman–Crippen MR) is 105 cm³/mol. The van der Waals surface area contributed by atoms with E-state index in [2.05, 4.69) is 20.4 Å². The summed E-state index contributed by atoms with van der Waals surface area (Å²) in [5, 5.41) is 28.1. The van der Waals surface area contributed by atoms with Crippen molar-refractivity contribution in [3.63, 3.8) is 0 Å². The molecule has 2 aliphatic rings. The second-order valence-electron chi connectivity index (χ2n) is 6.55. The van der Waals surface area contributed by atoms with E-state index in [1.807, 2.05) is 24.3 Å². The highest BCUT2D eigenvalue weighted by molar-refractivity contribution is 8.15. The third kappa shape index (κ3) is 5.30. The lowest BCUT2D eigenvalue weighted by molar-refractivity contribution is -0.138. The molecule has 144 valence electrons. The first-order valence-corrected chi connectivity index (χ1v) is 9.69. The van der Waals surface area contributed by atoms with Gasteiger partial charge in [0.15, 0.2) is 5.17 Å². The molecule has 0 aromatic heterocycles. The van der Waals surface area contributed by atoms with Crippen molar-refractivity contribution in [1.29, 1.82) is 0 Å². The van der Waals surface area contributed by atoms with E-state index >= 15 is 0 Å². The summed E-state index contributed by atoms with van der Waals surface area (Å²) in [6.45, 7) is 2.16. The molecule has 0 bridgehead atoms. The molecule has 0 spiro atoms. The first-order valence-electron chi connectivity index (χ1n) is 8.81. The van der Waals surface area contributed by atoms with Gasteiger partial charge in [-0.2, -0.15) is 5.10 Å². The van der Waals surface area contributed by atoms with Crippen molar-refractivity contribution in [3.8, 4) is 0 Å². The molecule has 1 aromatic carbocycles. The molecule has 0 aliphatic carbocycles. The molecular weight excluding hydrogens is 368 g/mol. The van der Waals surface area contributed by atoms with E-state index in [1.165, 1.54) is 0 Å². The summed E-state index contributed by atoms with van der Waals surface area (Å²) in [7, 11) is 0. The Kier molecular flexibility index (Phi) is 6.46. The molecule has 0 radical (unpaired) electrons. The van der Waals surface area contributed by atoms with Gasteiger partial charge in [-0.25, -0.2) is 0 Å². The monoisotopic (exact) mass is 390 g/mol. The Balaban J connectivity index is 1.54. The van der Waals surface area contributed by atoms with Crippen LogP contribution in [0, 0.1) is 5.92 Å². The number of aliphatic hydroxyl groups is 1. The molecule has 2 fully saturated rings. The number of carbonyl (C=O) groups excluding carboxylic acids is 1. The average molecular weight is 390 g/mol. The van der Waals surface area contributed by atoms with Crippen molar-refractivity contribution in [3.05, 3.63) is 29.8 Å². The van der Waals surface area contributed by atoms with Crippen LogP contribution in [0.2, 0.25) is 0 Å². The fraction of sp³-hybridized carbons (Fsp3) is 0.444. The number of benzene rings is 1. The average Bonchev–Trinajstić information content (AvgIpc) is 3.01. The van der Waals surface area contributed by atoms with Gasteiger partial charge < -0.3 is 20.4 Å². The minimum atomic E-state index is -1.02. The molecule has 1 aromatic rings. The highest BCUT2D eigenvalue weighted by atomic mass is 32.2. The Morgan fingerprint density at radius 1 is 1.30 bits per heavy atom. The largest absolute Gasteiger partial charge is 0.481 e. The van der Waals surface area contributed by atoms with Gasteiger partial charge in [0.25, 0.3) is 0 Å². The van der Waals surface area contributed by atoms with Crippen LogP contribution in [0.1, 0.15) is 24.8 Å². The van der Waals surface area contributed by atoms with Crippen LogP contribution in [-0.4, -0.2) is 58.4 Å². The maximum atomic E-state index is 11.6. The van der Waals surface area contributed by atoms with E-state index in [1.54, 1.807) is 6.21 Å².